The Hall–Kier alpha value is -0.970. The largest absolute Gasteiger partial charge is 0.370 e. The average molecular weight is 282 g/mol. The first-order chi connectivity index (χ1) is 9.19. The summed E-state index contributed by atoms with van der Waals surface area (Å²) in [5.41, 5.74) is 0. The van der Waals surface area contributed by atoms with Crippen LogP contribution in [0.25, 0.3) is 0 Å². The highest BCUT2D eigenvalue weighted by molar-refractivity contribution is 7.98. The summed E-state index contributed by atoms with van der Waals surface area (Å²) >= 11 is 1.88. The Balaban J connectivity index is 2.74. The predicted octanol–water partition coefficient (Wildman–Crippen LogP) is 3.41. The summed E-state index contributed by atoms with van der Waals surface area (Å²) in [6, 6.07) is 2.43. The third-order valence-corrected chi connectivity index (χ3v) is 3.40. The lowest BCUT2D eigenvalue weighted by molar-refractivity contribution is 0.759. The molecule has 0 fully saturated rings. The van der Waals surface area contributed by atoms with Crippen LogP contribution in [0.15, 0.2) is 6.07 Å². The van der Waals surface area contributed by atoms with Crippen LogP contribution in [0.1, 0.15) is 39.4 Å². The first-order valence-corrected chi connectivity index (χ1v) is 8.46. The maximum atomic E-state index is 4.58. The van der Waals surface area contributed by atoms with Crippen molar-refractivity contribution in [3.63, 3.8) is 0 Å². The average Bonchev–Trinajstić information content (AvgIpc) is 2.37. The lowest BCUT2D eigenvalue weighted by Crippen LogP contribution is -2.18. The molecule has 0 bridgehead atoms. The Labute approximate surface area is 121 Å². The summed E-state index contributed by atoms with van der Waals surface area (Å²) in [6.45, 7) is 7.31. The summed E-state index contributed by atoms with van der Waals surface area (Å²) in [5.74, 6) is 3.94. The second kappa shape index (κ2) is 9.02. The van der Waals surface area contributed by atoms with Gasteiger partial charge in [-0.3, -0.25) is 0 Å². The number of anilines is 2. The second-order valence-electron chi connectivity index (χ2n) is 4.66. The highest BCUT2D eigenvalue weighted by Crippen LogP contribution is 2.14. The molecule has 0 saturated carbocycles. The van der Waals surface area contributed by atoms with Gasteiger partial charge in [-0.05, 0) is 38.7 Å². The Kier molecular flexibility index (Phi) is 7.63. The molecule has 0 saturated heterocycles. The van der Waals surface area contributed by atoms with Gasteiger partial charge >= 0.3 is 0 Å². The van der Waals surface area contributed by atoms with Gasteiger partial charge in [0.15, 0.2) is 0 Å². The van der Waals surface area contributed by atoms with Crippen LogP contribution in [-0.4, -0.2) is 34.6 Å². The third kappa shape index (κ3) is 6.14. The van der Waals surface area contributed by atoms with E-state index in [9.17, 15) is 0 Å². The van der Waals surface area contributed by atoms with Crippen LogP contribution < -0.4 is 10.6 Å². The second-order valence-corrected chi connectivity index (χ2v) is 5.65. The molecular formula is C14H26N4S. The van der Waals surface area contributed by atoms with Gasteiger partial charge in [-0.15, -0.1) is 0 Å². The first-order valence-electron chi connectivity index (χ1n) is 7.06. The monoisotopic (exact) mass is 282 g/mol. The number of nitrogens with zero attached hydrogens (tertiary/aromatic N) is 2. The van der Waals surface area contributed by atoms with E-state index in [0.29, 0.717) is 6.04 Å². The number of rotatable bonds is 9. The SMILES string of the molecule is CCCc1nc(NCC)cc(NC(C)CCSC)n1. The molecule has 1 atom stereocenters. The normalized spacial score (nSPS) is 12.2. The maximum Gasteiger partial charge on any atom is 0.133 e. The molecule has 5 heteroatoms. The van der Waals surface area contributed by atoms with Gasteiger partial charge in [0.25, 0.3) is 0 Å². The van der Waals surface area contributed by atoms with Gasteiger partial charge in [0, 0.05) is 25.1 Å². The molecule has 1 rings (SSSR count). The molecule has 0 aromatic carbocycles. The van der Waals surface area contributed by atoms with Crippen LogP contribution in [0.3, 0.4) is 0 Å². The molecule has 1 aromatic rings. The van der Waals surface area contributed by atoms with Gasteiger partial charge in [-0.2, -0.15) is 11.8 Å². The molecule has 108 valence electrons. The van der Waals surface area contributed by atoms with Gasteiger partial charge in [-0.1, -0.05) is 6.92 Å². The topological polar surface area (TPSA) is 49.8 Å². The van der Waals surface area contributed by atoms with E-state index in [4.69, 9.17) is 0 Å². The Morgan fingerprint density at radius 1 is 1.26 bits per heavy atom. The van der Waals surface area contributed by atoms with Crippen LogP contribution in [-0.2, 0) is 6.42 Å². The van der Waals surface area contributed by atoms with Gasteiger partial charge in [0.05, 0.1) is 0 Å². The lowest BCUT2D eigenvalue weighted by atomic mass is 10.2. The van der Waals surface area contributed by atoms with Crippen molar-refractivity contribution in [3.8, 4) is 0 Å². The van der Waals surface area contributed by atoms with Crippen molar-refractivity contribution in [3.05, 3.63) is 11.9 Å². The fraction of sp³-hybridized carbons (Fsp3) is 0.714. The van der Waals surface area contributed by atoms with Crippen LogP contribution in [0.5, 0.6) is 0 Å². The quantitative estimate of drug-likeness (QED) is 0.727. The highest BCUT2D eigenvalue weighted by atomic mass is 32.2. The molecule has 0 amide bonds. The number of hydrogen-bond donors (Lipinski definition) is 2. The van der Waals surface area contributed by atoms with E-state index < -0.39 is 0 Å². The molecule has 1 heterocycles. The highest BCUT2D eigenvalue weighted by Gasteiger charge is 2.07. The molecule has 4 nitrogen and oxygen atoms in total. The summed E-state index contributed by atoms with van der Waals surface area (Å²) in [6.07, 6.45) is 5.27. The van der Waals surface area contributed by atoms with E-state index in [-0.39, 0.29) is 0 Å². The van der Waals surface area contributed by atoms with Gasteiger partial charge in [-0.25, -0.2) is 9.97 Å². The van der Waals surface area contributed by atoms with E-state index in [2.05, 4.69) is 47.6 Å². The van der Waals surface area contributed by atoms with Crippen molar-refractivity contribution in [1.29, 1.82) is 0 Å². The number of hydrogen-bond acceptors (Lipinski definition) is 5. The van der Waals surface area contributed by atoms with Crippen molar-refractivity contribution < 1.29 is 0 Å². The minimum atomic E-state index is 0.436. The molecule has 0 aliphatic rings. The van der Waals surface area contributed by atoms with E-state index in [0.717, 1.165) is 43.3 Å². The molecule has 0 spiro atoms. The van der Waals surface area contributed by atoms with Crippen molar-refractivity contribution >= 4 is 23.4 Å². The Morgan fingerprint density at radius 2 is 2.00 bits per heavy atom. The van der Waals surface area contributed by atoms with Crippen LogP contribution in [0, 0.1) is 0 Å². The molecule has 2 N–H and O–H groups in total. The molecule has 0 radical (unpaired) electrons. The summed E-state index contributed by atoms with van der Waals surface area (Å²) in [7, 11) is 0. The van der Waals surface area contributed by atoms with E-state index in [1.165, 1.54) is 5.75 Å². The van der Waals surface area contributed by atoms with Gasteiger partial charge in [0.1, 0.15) is 17.5 Å². The smallest absolute Gasteiger partial charge is 0.133 e. The number of nitrogens with one attached hydrogen (secondary N) is 2. The molecular weight excluding hydrogens is 256 g/mol. The zero-order chi connectivity index (χ0) is 14.1. The molecule has 19 heavy (non-hydrogen) atoms. The number of aromatic nitrogens is 2. The van der Waals surface area contributed by atoms with Crippen molar-refractivity contribution in [2.45, 2.75) is 46.1 Å². The minimum Gasteiger partial charge on any atom is -0.370 e. The predicted molar refractivity (Wildman–Crippen MR) is 86.3 cm³/mol. The molecule has 1 unspecified atom stereocenters. The summed E-state index contributed by atoms with van der Waals surface area (Å²) in [5, 5.41) is 6.74. The van der Waals surface area contributed by atoms with Crippen molar-refractivity contribution in [2.75, 3.05) is 29.2 Å². The summed E-state index contributed by atoms with van der Waals surface area (Å²) < 4.78 is 0. The zero-order valence-electron chi connectivity index (χ0n) is 12.5. The summed E-state index contributed by atoms with van der Waals surface area (Å²) in [4.78, 5) is 9.10. The van der Waals surface area contributed by atoms with Crippen molar-refractivity contribution in [2.24, 2.45) is 0 Å². The standard InChI is InChI=1S/C14H26N4S/c1-5-7-12-17-13(15-6-2)10-14(18-12)16-11(3)8-9-19-4/h10-11H,5-9H2,1-4H3,(H2,15,16,17,18). The number of aryl methyl sites for hydroxylation is 1. The van der Waals surface area contributed by atoms with Gasteiger partial charge < -0.3 is 10.6 Å². The lowest BCUT2D eigenvalue weighted by Gasteiger charge is -2.15. The first kappa shape index (κ1) is 16.1. The minimum absolute atomic E-state index is 0.436. The fourth-order valence-electron chi connectivity index (χ4n) is 1.80. The van der Waals surface area contributed by atoms with Crippen LogP contribution in [0.4, 0.5) is 11.6 Å². The van der Waals surface area contributed by atoms with E-state index in [1.54, 1.807) is 0 Å². The van der Waals surface area contributed by atoms with E-state index in [1.807, 2.05) is 17.8 Å². The molecule has 0 aliphatic heterocycles. The van der Waals surface area contributed by atoms with Crippen LogP contribution >= 0.6 is 11.8 Å². The molecule has 1 aromatic heterocycles. The maximum absolute atomic E-state index is 4.58. The Bertz CT molecular complexity index is 346. The zero-order valence-corrected chi connectivity index (χ0v) is 13.3. The molecule has 0 aliphatic carbocycles. The van der Waals surface area contributed by atoms with E-state index >= 15 is 0 Å². The fourth-order valence-corrected chi connectivity index (χ4v) is 2.39. The third-order valence-electron chi connectivity index (χ3n) is 2.75. The van der Waals surface area contributed by atoms with Gasteiger partial charge in [0.2, 0.25) is 0 Å². The van der Waals surface area contributed by atoms with Crippen LogP contribution in [0.2, 0.25) is 0 Å². The van der Waals surface area contributed by atoms with Crippen molar-refractivity contribution in [1.82, 2.24) is 9.97 Å². The Morgan fingerprint density at radius 3 is 2.63 bits per heavy atom. The number of thioether (sulfide) groups is 1.